The molecule has 0 spiro atoms. The molecule has 162 valence electrons. The molecule has 4 rings (SSSR count). The number of rotatable bonds is 7. The first-order chi connectivity index (χ1) is 15.6. The standard InChI is InChI=1S/C26H24N2O4/c1-17-9-11-21-20(13-17)24(15-23(27-21)18-7-5-4-6-8-18)32-16-26(29)28-22-12-10-19(30-2)14-25(22)31-3/h4-15H,16H2,1-3H3,(H,28,29). The van der Waals surface area contributed by atoms with Gasteiger partial charge < -0.3 is 19.5 Å². The Bertz CT molecular complexity index is 1260. The van der Waals surface area contributed by atoms with E-state index in [2.05, 4.69) is 5.32 Å². The second kappa shape index (κ2) is 9.39. The van der Waals surface area contributed by atoms with Crippen LogP contribution in [0.2, 0.25) is 0 Å². The minimum atomic E-state index is -0.299. The van der Waals surface area contributed by atoms with Gasteiger partial charge >= 0.3 is 0 Å². The summed E-state index contributed by atoms with van der Waals surface area (Å²) in [6, 6.07) is 22.9. The number of carbonyl (C=O) groups excluding carboxylic acids is 1. The van der Waals surface area contributed by atoms with Crippen LogP contribution in [-0.4, -0.2) is 31.7 Å². The van der Waals surface area contributed by atoms with E-state index in [4.69, 9.17) is 19.2 Å². The third-order valence-corrected chi connectivity index (χ3v) is 5.04. The van der Waals surface area contributed by atoms with Crippen LogP contribution in [0, 0.1) is 6.92 Å². The molecule has 0 aliphatic heterocycles. The second-order valence-corrected chi connectivity index (χ2v) is 7.30. The molecule has 0 aliphatic carbocycles. The molecule has 6 heteroatoms. The van der Waals surface area contributed by atoms with Crippen LogP contribution in [0.25, 0.3) is 22.2 Å². The van der Waals surface area contributed by atoms with E-state index in [0.29, 0.717) is 22.9 Å². The van der Waals surface area contributed by atoms with Crippen molar-refractivity contribution in [3.05, 3.63) is 78.4 Å². The van der Waals surface area contributed by atoms with Gasteiger partial charge in [0.2, 0.25) is 0 Å². The highest BCUT2D eigenvalue weighted by atomic mass is 16.5. The average molecular weight is 428 g/mol. The normalized spacial score (nSPS) is 10.6. The highest BCUT2D eigenvalue weighted by molar-refractivity contribution is 5.94. The number of aromatic nitrogens is 1. The summed E-state index contributed by atoms with van der Waals surface area (Å²) in [5, 5.41) is 3.69. The van der Waals surface area contributed by atoms with Gasteiger partial charge in [-0.05, 0) is 31.2 Å². The van der Waals surface area contributed by atoms with Gasteiger partial charge in [0.1, 0.15) is 17.2 Å². The Morgan fingerprint density at radius 1 is 0.906 bits per heavy atom. The maximum atomic E-state index is 12.6. The summed E-state index contributed by atoms with van der Waals surface area (Å²) in [5.41, 5.74) is 4.21. The molecule has 0 radical (unpaired) electrons. The van der Waals surface area contributed by atoms with Crippen LogP contribution in [-0.2, 0) is 4.79 Å². The number of fused-ring (bicyclic) bond motifs is 1. The van der Waals surface area contributed by atoms with Crippen LogP contribution in [0.3, 0.4) is 0 Å². The van der Waals surface area contributed by atoms with Crippen molar-refractivity contribution in [3.63, 3.8) is 0 Å². The van der Waals surface area contributed by atoms with Crippen LogP contribution in [0.15, 0.2) is 72.8 Å². The lowest BCUT2D eigenvalue weighted by molar-refractivity contribution is -0.118. The van der Waals surface area contributed by atoms with E-state index in [1.807, 2.05) is 61.5 Å². The lowest BCUT2D eigenvalue weighted by Crippen LogP contribution is -2.20. The molecular weight excluding hydrogens is 404 g/mol. The molecular formula is C26H24N2O4. The summed E-state index contributed by atoms with van der Waals surface area (Å²) in [6.45, 7) is 1.85. The lowest BCUT2D eigenvalue weighted by atomic mass is 10.1. The second-order valence-electron chi connectivity index (χ2n) is 7.30. The fourth-order valence-corrected chi connectivity index (χ4v) is 3.42. The van der Waals surface area contributed by atoms with Crippen LogP contribution in [0.4, 0.5) is 5.69 Å². The van der Waals surface area contributed by atoms with E-state index in [9.17, 15) is 4.79 Å². The maximum absolute atomic E-state index is 12.6. The Kier molecular flexibility index (Phi) is 6.22. The van der Waals surface area contributed by atoms with Gasteiger partial charge in [0.15, 0.2) is 6.61 Å². The SMILES string of the molecule is COc1ccc(NC(=O)COc2cc(-c3ccccc3)nc3ccc(C)cc23)c(OC)c1. The molecule has 0 bridgehead atoms. The van der Waals surface area contributed by atoms with E-state index in [1.54, 1.807) is 25.3 Å². The van der Waals surface area contributed by atoms with Gasteiger partial charge in [-0.25, -0.2) is 4.98 Å². The fraction of sp³-hybridized carbons (Fsp3) is 0.154. The van der Waals surface area contributed by atoms with Crippen LogP contribution >= 0.6 is 0 Å². The van der Waals surface area contributed by atoms with E-state index < -0.39 is 0 Å². The average Bonchev–Trinajstić information content (AvgIpc) is 2.83. The number of ether oxygens (including phenoxy) is 3. The summed E-state index contributed by atoms with van der Waals surface area (Å²) in [7, 11) is 3.11. The minimum Gasteiger partial charge on any atom is -0.497 e. The fourth-order valence-electron chi connectivity index (χ4n) is 3.42. The Morgan fingerprint density at radius 2 is 1.72 bits per heavy atom. The molecule has 3 aromatic carbocycles. The number of nitrogens with one attached hydrogen (secondary N) is 1. The predicted molar refractivity (Wildman–Crippen MR) is 126 cm³/mol. The predicted octanol–water partition coefficient (Wildman–Crippen LogP) is 5.24. The summed E-state index contributed by atoms with van der Waals surface area (Å²) >= 11 is 0. The van der Waals surface area contributed by atoms with Crippen LogP contribution in [0.1, 0.15) is 5.56 Å². The van der Waals surface area contributed by atoms with Crippen molar-refractivity contribution >= 4 is 22.5 Å². The highest BCUT2D eigenvalue weighted by Crippen LogP contribution is 2.31. The number of hydrogen-bond acceptors (Lipinski definition) is 5. The largest absolute Gasteiger partial charge is 0.497 e. The molecule has 0 aliphatic rings. The molecule has 1 amide bonds. The van der Waals surface area contributed by atoms with Gasteiger partial charge in [-0.15, -0.1) is 0 Å². The molecule has 32 heavy (non-hydrogen) atoms. The molecule has 1 N–H and O–H groups in total. The molecule has 1 aromatic heterocycles. The van der Waals surface area contributed by atoms with E-state index >= 15 is 0 Å². The minimum absolute atomic E-state index is 0.156. The first-order valence-electron chi connectivity index (χ1n) is 10.2. The van der Waals surface area contributed by atoms with E-state index in [-0.39, 0.29) is 12.5 Å². The third-order valence-electron chi connectivity index (χ3n) is 5.04. The van der Waals surface area contributed by atoms with Crippen molar-refractivity contribution in [1.29, 1.82) is 0 Å². The monoisotopic (exact) mass is 428 g/mol. The molecule has 6 nitrogen and oxygen atoms in total. The molecule has 0 atom stereocenters. The number of hydrogen-bond donors (Lipinski definition) is 1. The lowest BCUT2D eigenvalue weighted by Gasteiger charge is -2.14. The first kappa shape index (κ1) is 21.2. The topological polar surface area (TPSA) is 69.7 Å². The van der Waals surface area contributed by atoms with Crippen molar-refractivity contribution in [3.8, 4) is 28.5 Å². The number of nitrogens with zero attached hydrogens (tertiary/aromatic N) is 1. The van der Waals surface area contributed by atoms with Crippen molar-refractivity contribution < 1.29 is 19.0 Å². The Morgan fingerprint density at radius 3 is 2.47 bits per heavy atom. The Hall–Kier alpha value is -4.06. The molecule has 0 unspecified atom stereocenters. The number of amides is 1. The molecule has 4 aromatic rings. The van der Waals surface area contributed by atoms with Gasteiger partial charge in [-0.2, -0.15) is 0 Å². The number of pyridine rings is 1. The number of benzene rings is 3. The first-order valence-corrected chi connectivity index (χ1v) is 10.2. The molecule has 1 heterocycles. The zero-order chi connectivity index (χ0) is 22.5. The van der Waals surface area contributed by atoms with Crippen molar-refractivity contribution in [2.75, 3.05) is 26.1 Å². The molecule has 0 saturated heterocycles. The number of methoxy groups -OCH3 is 2. The molecule has 0 fully saturated rings. The zero-order valence-corrected chi connectivity index (χ0v) is 18.2. The Balaban J connectivity index is 1.58. The van der Waals surface area contributed by atoms with E-state index in [0.717, 1.165) is 27.7 Å². The van der Waals surface area contributed by atoms with Gasteiger partial charge in [0, 0.05) is 23.1 Å². The quantitative estimate of drug-likeness (QED) is 0.436. The van der Waals surface area contributed by atoms with Gasteiger partial charge in [0.25, 0.3) is 5.91 Å². The van der Waals surface area contributed by atoms with Crippen molar-refractivity contribution in [1.82, 2.24) is 4.98 Å². The summed E-state index contributed by atoms with van der Waals surface area (Å²) < 4.78 is 16.5. The zero-order valence-electron chi connectivity index (χ0n) is 18.2. The van der Waals surface area contributed by atoms with Gasteiger partial charge in [-0.3, -0.25) is 4.79 Å². The van der Waals surface area contributed by atoms with E-state index in [1.165, 1.54) is 7.11 Å². The van der Waals surface area contributed by atoms with Crippen molar-refractivity contribution in [2.45, 2.75) is 6.92 Å². The van der Waals surface area contributed by atoms with Crippen molar-refractivity contribution in [2.24, 2.45) is 0 Å². The van der Waals surface area contributed by atoms with Gasteiger partial charge in [0.05, 0.1) is 31.1 Å². The maximum Gasteiger partial charge on any atom is 0.262 e. The number of anilines is 1. The smallest absolute Gasteiger partial charge is 0.262 e. The van der Waals surface area contributed by atoms with Crippen LogP contribution < -0.4 is 19.5 Å². The summed E-state index contributed by atoms with van der Waals surface area (Å²) in [4.78, 5) is 17.4. The summed E-state index contributed by atoms with van der Waals surface area (Å²) in [5.74, 6) is 1.46. The van der Waals surface area contributed by atoms with Gasteiger partial charge in [-0.1, -0.05) is 42.0 Å². The summed E-state index contributed by atoms with van der Waals surface area (Å²) in [6.07, 6.45) is 0. The molecule has 0 saturated carbocycles. The highest BCUT2D eigenvalue weighted by Gasteiger charge is 2.13. The number of aryl methyl sites for hydroxylation is 1. The third kappa shape index (κ3) is 4.64. The number of carbonyl (C=O) groups is 1. The van der Waals surface area contributed by atoms with Crippen LogP contribution in [0.5, 0.6) is 17.2 Å². The Labute approximate surface area is 186 Å².